The van der Waals surface area contributed by atoms with Crippen LogP contribution in [-0.4, -0.2) is 29.5 Å². The van der Waals surface area contributed by atoms with E-state index >= 15 is 0 Å². The minimum absolute atomic E-state index is 0.0565. The van der Waals surface area contributed by atoms with Gasteiger partial charge in [-0.25, -0.2) is 0 Å². The van der Waals surface area contributed by atoms with E-state index in [1.807, 2.05) is 0 Å². The van der Waals surface area contributed by atoms with Crippen LogP contribution >= 0.6 is 11.8 Å². The number of esters is 2. The van der Waals surface area contributed by atoms with E-state index in [4.69, 9.17) is 13.9 Å². The third kappa shape index (κ3) is 10.5. The van der Waals surface area contributed by atoms with Crippen LogP contribution in [0.1, 0.15) is 95.7 Å². The predicted octanol–water partition coefficient (Wildman–Crippen LogP) is 6.69. The standard InChI is InChI=1S/C26H40O5S/c27-25(30-20-24-13-7-16-29-24)15-18-32-17-8-14-26(28)31-23-11-5-1-3-9-21-19-22(21)10-4-2-6-12-23/h7,13,16,21-23H,1-6,8-12,14-15,17-20H2. The molecule has 2 aliphatic carbocycles. The van der Waals surface area contributed by atoms with Crippen molar-refractivity contribution in [2.24, 2.45) is 11.8 Å². The number of rotatable bonds is 10. The monoisotopic (exact) mass is 464 g/mol. The lowest BCUT2D eigenvalue weighted by Crippen LogP contribution is -2.18. The maximum absolute atomic E-state index is 12.3. The molecule has 0 aliphatic heterocycles. The van der Waals surface area contributed by atoms with E-state index in [0.717, 1.165) is 36.9 Å². The summed E-state index contributed by atoms with van der Waals surface area (Å²) in [6.45, 7) is 0.185. The first-order chi connectivity index (χ1) is 15.7. The second kappa shape index (κ2) is 14.7. The van der Waals surface area contributed by atoms with Gasteiger partial charge >= 0.3 is 11.9 Å². The Hall–Kier alpha value is -1.43. The first-order valence-corrected chi connectivity index (χ1v) is 13.8. The van der Waals surface area contributed by atoms with Crippen molar-refractivity contribution in [1.29, 1.82) is 0 Å². The number of hydrogen-bond acceptors (Lipinski definition) is 6. The third-order valence-electron chi connectivity index (χ3n) is 6.64. The molecule has 1 aromatic rings. The molecule has 32 heavy (non-hydrogen) atoms. The Morgan fingerprint density at radius 3 is 2.31 bits per heavy atom. The molecule has 6 heteroatoms. The van der Waals surface area contributed by atoms with Gasteiger partial charge in [0.25, 0.3) is 0 Å². The van der Waals surface area contributed by atoms with Crippen molar-refractivity contribution < 1.29 is 23.5 Å². The summed E-state index contributed by atoms with van der Waals surface area (Å²) in [5.41, 5.74) is 0. The lowest BCUT2D eigenvalue weighted by Gasteiger charge is -2.18. The number of carbonyl (C=O) groups excluding carboxylic acids is 2. The average molecular weight is 465 g/mol. The van der Waals surface area contributed by atoms with E-state index in [9.17, 15) is 9.59 Å². The molecule has 180 valence electrons. The number of ether oxygens (including phenoxy) is 2. The molecule has 0 radical (unpaired) electrons. The highest BCUT2D eigenvalue weighted by atomic mass is 32.2. The molecule has 0 aromatic carbocycles. The Morgan fingerprint density at radius 2 is 1.62 bits per heavy atom. The zero-order valence-corrected chi connectivity index (χ0v) is 20.3. The van der Waals surface area contributed by atoms with Gasteiger partial charge in [0.1, 0.15) is 18.5 Å². The maximum Gasteiger partial charge on any atom is 0.307 e. The van der Waals surface area contributed by atoms with Gasteiger partial charge in [-0.2, -0.15) is 11.8 Å². The van der Waals surface area contributed by atoms with Gasteiger partial charge in [-0.15, -0.1) is 0 Å². The Balaban J connectivity index is 1.20. The van der Waals surface area contributed by atoms with E-state index in [1.54, 1.807) is 30.2 Å². The SMILES string of the molecule is O=C(CCSCCCC(=O)OC1CCCCCC2CC2CCCCC1)OCc1ccco1. The molecule has 5 nitrogen and oxygen atoms in total. The summed E-state index contributed by atoms with van der Waals surface area (Å²) < 4.78 is 16.1. The van der Waals surface area contributed by atoms with Crippen molar-refractivity contribution in [2.75, 3.05) is 11.5 Å². The van der Waals surface area contributed by atoms with Gasteiger partial charge < -0.3 is 13.9 Å². The van der Waals surface area contributed by atoms with Crippen LogP contribution in [0.25, 0.3) is 0 Å². The van der Waals surface area contributed by atoms with E-state index in [0.29, 0.717) is 24.4 Å². The molecule has 0 spiro atoms. The predicted molar refractivity (Wildman–Crippen MR) is 127 cm³/mol. The normalized spacial score (nSPS) is 24.3. The van der Waals surface area contributed by atoms with Crippen LogP contribution < -0.4 is 0 Å². The van der Waals surface area contributed by atoms with Crippen molar-refractivity contribution >= 4 is 23.7 Å². The van der Waals surface area contributed by atoms with Crippen molar-refractivity contribution in [2.45, 2.75) is 103 Å². The lowest BCUT2D eigenvalue weighted by molar-refractivity contribution is -0.150. The van der Waals surface area contributed by atoms with Gasteiger partial charge in [-0.05, 0) is 68.2 Å². The van der Waals surface area contributed by atoms with Crippen LogP contribution in [0.3, 0.4) is 0 Å². The third-order valence-corrected chi connectivity index (χ3v) is 7.71. The Bertz CT molecular complexity index is 641. The number of carbonyl (C=O) groups is 2. The molecule has 0 N–H and O–H groups in total. The zero-order valence-electron chi connectivity index (χ0n) is 19.4. The molecule has 3 rings (SSSR count). The van der Waals surface area contributed by atoms with E-state index in [-0.39, 0.29) is 24.6 Å². The molecule has 1 aromatic heterocycles. The molecule has 2 aliphatic rings. The fourth-order valence-electron chi connectivity index (χ4n) is 4.63. The summed E-state index contributed by atoms with van der Waals surface area (Å²) in [5.74, 6) is 3.98. The fraction of sp³-hybridized carbons (Fsp3) is 0.769. The van der Waals surface area contributed by atoms with Crippen LogP contribution in [-0.2, 0) is 25.7 Å². The van der Waals surface area contributed by atoms with Gasteiger partial charge in [0.05, 0.1) is 12.7 Å². The minimum Gasteiger partial charge on any atom is -0.466 e. The smallest absolute Gasteiger partial charge is 0.307 e. The molecule has 2 atom stereocenters. The quantitative estimate of drug-likeness (QED) is 0.284. The van der Waals surface area contributed by atoms with Gasteiger partial charge in [-0.3, -0.25) is 9.59 Å². The molecule has 0 bridgehead atoms. The largest absolute Gasteiger partial charge is 0.466 e. The summed E-state index contributed by atoms with van der Waals surface area (Å²) in [7, 11) is 0. The second-order valence-electron chi connectivity index (χ2n) is 9.35. The highest BCUT2D eigenvalue weighted by Gasteiger charge is 2.35. The Labute approximate surface area is 197 Å². The van der Waals surface area contributed by atoms with Crippen LogP contribution in [0.5, 0.6) is 0 Å². The number of fused-ring (bicyclic) bond motifs is 1. The summed E-state index contributed by atoms with van der Waals surface area (Å²) >= 11 is 1.68. The first kappa shape index (κ1) is 25.2. The molecule has 0 amide bonds. The number of hydrogen-bond donors (Lipinski definition) is 0. The zero-order chi connectivity index (χ0) is 22.4. The van der Waals surface area contributed by atoms with E-state index in [1.165, 1.54) is 57.8 Å². The topological polar surface area (TPSA) is 65.7 Å². The van der Waals surface area contributed by atoms with Gasteiger partial charge in [0, 0.05) is 12.2 Å². The fourth-order valence-corrected chi connectivity index (χ4v) is 5.49. The van der Waals surface area contributed by atoms with Gasteiger partial charge in [0.2, 0.25) is 0 Å². The summed E-state index contributed by atoms with van der Waals surface area (Å²) in [4.78, 5) is 24.0. The van der Waals surface area contributed by atoms with Crippen LogP contribution in [0.4, 0.5) is 0 Å². The molecule has 2 fully saturated rings. The molecule has 0 saturated heterocycles. The number of furan rings is 1. The highest BCUT2D eigenvalue weighted by Crippen LogP contribution is 2.46. The molecule has 1 heterocycles. The molecule has 2 unspecified atom stereocenters. The lowest BCUT2D eigenvalue weighted by atomic mass is 10.0. The van der Waals surface area contributed by atoms with Crippen molar-refractivity contribution in [3.8, 4) is 0 Å². The summed E-state index contributed by atoms with van der Waals surface area (Å²) in [6, 6.07) is 3.56. The van der Waals surface area contributed by atoms with Crippen LogP contribution in [0.2, 0.25) is 0 Å². The Morgan fingerprint density at radius 1 is 0.906 bits per heavy atom. The highest BCUT2D eigenvalue weighted by molar-refractivity contribution is 7.99. The molecular weight excluding hydrogens is 424 g/mol. The van der Waals surface area contributed by atoms with Crippen LogP contribution in [0.15, 0.2) is 22.8 Å². The van der Waals surface area contributed by atoms with Crippen molar-refractivity contribution in [3.63, 3.8) is 0 Å². The second-order valence-corrected chi connectivity index (χ2v) is 10.6. The summed E-state index contributed by atoms with van der Waals surface area (Å²) in [6.07, 6.45) is 17.3. The van der Waals surface area contributed by atoms with Crippen molar-refractivity contribution in [3.05, 3.63) is 24.2 Å². The van der Waals surface area contributed by atoms with Crippen LogP contribution in [0, 0.1) is 11.8 Å². The summed E-state index contributed by atoms with van der Waals surface area (Å²) in [5, 5.41) is 0. The Kier molecular flexibility index (Phi) is 11.5. The minimum atomic E-state index is -0.219. The maximum atomic E-state index is 12.3. The van der Waals surface area contributed by atoms with Gasteiger partial charge in [-0.1, -0.05) is 38.5 Å². The van der Waals surface area contributed by atoms with Gasteiger partial charge in [0.15, 0.2) is 0 Å². The van der Waals surface area contributed by atoms with E-state index in [2.05, 4.69) is 0 Å². The van der Waals surface area contributed by atoms with Crippen molar-refractivity contribution in [1.82, 2.24) is 0 Å². The average Bonchev–Trinajstić information content (AvgIpc) is 3.30. The van der Waals surface area contributed by atoms with E-state index < -0.39 is 0 Å². The number of thioether (sulfide) groups is 1. The molecular formula is C26H40O5S. The molecule has 2 saturated carbocycles. The first-order valence-electron chi connectivity index (χ1n) is 12.7.